The maximum Gasteiger partial charge on any atom is 0.433 e. The second-order valence-electron chi connectivity index (χ2n) is 5.55. The molecule has 28 heavy (non-hydrogen) atoms. The van der Waals surface area contributed by atoms with E-state index in [1.165, 1.54) is 30.3 Å². The summed E-state index contributed by atoms with van der Waals surface area (Å²) in [6.07, 6.45) is -3.55. The molecule has 0 radical (unpaired) electrons. The molecule has 0 atom stereocenters. The van der Waals surface area contributed by atoms with Crippen molar-refractivity contribution in [2.45, 2.75) is 6.18 Å². The van der Waals surface area contributed by atoms with Crippen molar-refractivity contribution in [1.29, 1.82) is 0 Å². The van der Waals surface area contributed by atoms with Crippen LogP contribution in [0.5, 0.6) is 0 Å². The summed E-state index contributed by atoms with van der Waals surface area (Å²) < 4.78 is 39.6. The average molecular weight is 411 g/mol. The number of nitrogens with zero attached hydrogens (tertiary/aromatic N) is 3. The van der Waals surface area contributed by atoms with Crippen LogP contribution in [0.4, 0.5) is 24.5 Å². The molecular weight excluding hydrogens is 401 g/mol. The van der Waals surface area contributed by atoms with Crippen molar-refractivity contribution in [3.8, 4) is 5.69 Å². The van der Waals surface area contributed by atoms with Gasteiger partial charge in [0.1, 0.15) is 11.3 Å². The van der Waals surface area contributed by atoms with Crippen LogP contribution in [0.15, 0.2) is 54.7 Å². The van der Waals surface area contributed by atoms with Crippen LogP contribution in [0.25, 0.3) is 5.69 Å². The van der Waals surface area contributed by atoms with Gasteiger partial charge in [-0.15, -0.1) is 0 Å². The Balaban J connectivity index is 1.84. The van der Waals surface area contributed by atoms with Gasteiger partial charge in [0.15, 0.2) is 0 Å². The molecule has 0 aliphatic rings. The molecule has 7 nitrogen and oxygen atoms in total. The number of rotatable bonds is 4. The van der Waals surface area contributed by atoms with E-state index in [-0.39, 0.29) is 22.0 Å². The Kier molecular flexibility index (Phi) is 5.06. The van der Waals surface area contributed by atoms with Crippen molar-refractivity contribution in [2.75, 3.05) is 5.32 Å². The lowest BCUT2D eigenvalue weighted by Crippen LogP contribution is -2.15. The lowest BCUT2D eigenvalue weighted by molar-refractivity contribution is -0.385. The zero-order valence-corrected chi connectivity index (χ0v) is 14.5. The molecule has 1 amide bonds. The summed E-state index contributed by atoms with van der Waals surface area (Å²) in [7, 11) is 0. The number of amides is 1. The van der Waals surface area contributed by atoms with Crippen molar-refractivity contribution in [3.63, 3.8) is 0 Å². The molecule has 1 N–H and O–H groups in total. The molecule has 0 saturated heterocycles. The van der Waals surface area contributed by atoms with Gasteiger partial charge in [-0.2, -0.15) is 18.3 Å². The van der Waals surface area contributed by atoms with Crippen LogP contribution >= 0.6 is 11.6 Å². The van der Waals surface area contributed by atoms with Gasteiger partial charge in [0.05, 0.1) is 16.8 Å². The molecule has 1 aromatic heterocycles. The summed E-state index contributed by atoms with van der Waals surface area (Å²) in [6.45, 7) is 0. The fraction of sp³-hybridized carbons (Fsp3) is 0.0588. The number of nitrogens with one attached hydrogen (secondary N) is 1. The van der Waals surface area contributed by atoms with Gasteiger partial charge < -0.3 is 5.32 Å². The second-order valence-corrected chi connectivity index (χ2v) is 5.98. The van der Waals surface area contributed by atoms with E-state index >= 15 is 0 Å². The van der Waals surface area contributed by atoms with E-state index in [9.17, 15) is 28.1 Å². The standard InChI is InChI=1S/C17H10ClF3N4O3/c18-10-1-6-14(25(27)28)13(9-10)16(26)23-11-2-4-12(5-3-11)24-15(7-8-22-24)17(19,20)21/h1-9H,(H,23,26). The third kappa shape index (κ3) is 3.96. The van der Waals surface area contributed by atoms with E-state index in [0.717, 1.165) is 24.4 Å². The van der Waals surface area contributed by atoms with Crippen LogP contribution < -0.4 is 5.32 Å². The maximum absolute atomic E-state index is 13.0. The predicted octanol–water partition coefficient (Wildman–Crippen LogP) is 4.71. The van der Waals surface area contributed by atoms with E-state index in [1.54, 1.807) is 0 Å². The minimum atomic E-state index is -4.57. The summed E-state index contributed by atoms with van der Waals surface area (Å²) >= 11 is 5.79. The molecule has 11 heteroatoms. The molecule has 0 saturated carbocycles. The molecule has 0 unspecified atom stereocenters. The molecule has 0 aliphatic carbocycles. The molecular formula is C17H10ClF3N4O3. The Morgan fingerprint density at radius 1 is 1.14 bits per heavy atom. The fourth-order valence-corrected chi connectivity index (χ4v) is 2.63. The number of halogens is 4. The van der Waals surface area contributed by atoms with Crippen molar-refractivity contribution in [2.24, 2.45) is 0 Å². The van der Waals surface area contributed by atoms with Crippen molar-refractivity contribution < 1.29 is 22.9 Å². The third-order valence-corrected chi connectivity index (χ3v) is 3.94. The Hall–Kier alpha value is -3.40. The van der Waals surface area contributed by atoms with E-state index < -0.39 is 28.4 Å². The van der Waals surface area contributed by atoms with Gasteiger partial charge in [0, 0.05) is 16.8 Å². The summed E-state index contributed by atoms with van der Waals surface area (Å²) in [6, 6.07) is 9.74. The summed E-state index contributed by atoms with van der Waals surface area (Å²) in [5, 5.41) is 17.3. The molecule has 0 aliphatic heterocycles. The molecule has 0 bridgehead atoms. The van der Waals surface area contributed by atoms with Crippen molar-refractivity contribution in [1.82, 2.24) is 9.78 Å². The van der Waals surface area contributed by atoms with Crippen LogP contribution in [0.1, 0.15) is 16.1 Å². The van der Waals surface area contributed by atoms with Crippen LogP contribution in [-0.2, 0) is 6.18 Å². The molecule has 0 spiro atoms. The number of aromatic nitrogens is 2. The first-order valence-electron chi connectivity index (χ1n) is 7.64. The number of carbonyl (C=O) groups is 1. The van der Waals surface area contributed by atoms with E-state index in [1.807, 2.05) is 0 Å². The monoisotopic (exact) mass is 410 g/mol. The smallest absolute Gasteiger partial charge is 0.322 e. The van der Waals surface area contributed by atoms with Crippen molar-refractivity contribution in [3.05, 3.63) is 81.1 Å². The second kappa shape index (κ2) is 7.31. The molecule has 2 aromatic carbocycles. The number of alkyl halides is 3. The minimum absolute atomic E-state index is 0.129. The number of anilines is 1. The van der Waals surface area contributed by atoms with Crippen LogP contribution in [0.2, 0.25) is 5.02 Å². The summed E-state index contributed by atoms with van der Waals surface area (Å²) in [5.41, 5.74) is -1.26. The highest BCUT2D eigenvalue weighted by Gasteiger charge is 2.35. The Bertz CT molecular complexity index is 1050. The van der Waals surface area contributed by atoms with Gasteiger partial charge in [-0.1, -0.05) is 11.6 Å². The number of benzene rings is 2. The zero-order valence-electron chi connectivity index (χ0n) is 13.8. The average Bonchev–Trinajstić information content (AvgIpc) is 3.12. The van der Waals surface area contributed by atoms with Crippen molar-refractivity contribution >= 4 is 28.9 Å². The quantitative estimate of drug-likeness (QED) is 0.498. The molecule has 3 rings (SSSR count). The van der Waals surface area contributed by atoms with Crippen LogP contribution in [-0.4, -0.2) is 20.6 Å². The molecule has 3 aromatic rings. The molecule has 1 heterocycles. The van der Waals surface area contributed by atoms with Gasteiger partial charge >= 0.3 is 6.18 Å². The Morgan fingerprint density at radius 3 is 2.43 bits per heavy atom. The summed E-state index contributed by atoms with van der Waals surface area (Å²) in [4.78, 5) is 22.7. The lowest BCUT2D eigenvalue weighted by atomic mass is 10.1. The highest BCUT2D eigenvalue weighted by molar-refractivity contribution is 6.31. The van der Waals surface area contributed by atoms with E-state index in [4.69, 9.17) is 11.6 Å². The van der Waals surface area contributed by atoms with Crippen LogP contribution in [0, 0.1) is 10.1 Å². The normalized spacial score (nSPS) is 11.3. The zero-order chi connectivity index (χ0) is 20.5. The molecule has 144 valence electrons. The van der Waals surface area contributed by atoms with Gasteiger partial charge in [0.2, 0.25) is 0 Å². The van der Waals surface area contributed by atoms with E-state index in [0.29, 0.717) is 4.68 Å². The fourth-order valence-electron chi connectivity index (χ4n) is 2.46. The summed E-state index contributed by atoms with van der Waals surface area (Å²) in [5.74, 6) is -0.781. The topological polar surface area (TPSA) is 90.1 Å². The molecule has 0 fully saturated rings. The van der Waals surface area contributed by atoms with Gasteiger partial charge in [-0.3, -0.25) is 14.9 Å². The third-order valence-electron chi connectivity index (χ3n) is 3.70. The highest BCUT2D eigenvalue weighted by atomic mass is 35.5. The van der Waals surface area contributed by atoms with E-state index in [2.05, 4.69) is 10.4 Å². The van der Waals surface area contributed by atoms with Gasteiger partial charge in [-0.05, 0) is 42.5 Å². The number of carbonyl (C=O) groups excluding carboxylic acids is 1. The minimum Gasteiger partial charge on any atom is -0.322 e. The first-order chi connectivity index (χ1) is 13.2. The predicted molar refractivity (Wildman–Crippen MR) is 94.6 cm³/mol. The highest BCUT2D eigenvalue weighted by Crippen LogP contribution is 2.31. The first-order valence-corrected chi connectivity index (χ1v) is 8.01. The lowest BCUT2D eigenvalue weighted by Gasteiger charge is -2.11. The van der Waals surface area contributed by atoms with Gasteiger partial charge in [-0.25, -0.2) is 4.68 Å². The Morgan fingerprint density at radius 2 is 1.82 bits per heavy atom. The number of nitro groups is 1. The number of hydrogen-bond donors (Lipinski definition) is 1. The number of hydrogen-bond acceptors (Lipinski definition) is 4. The first kappa shape index (κ1) is 19.4. The number of nitro benzene ring substituents is 1. The Labute approximate surface area is 160 Å². The maximum atomic E-state index is 13.0. The largest absolute Gasteiger partial charge is 0.433 e. The van der Waals surface area contributed by atoms with Gasteiger partial charge in [0.25, 0.3) is 11.6 Å². The van der Waals surface area contributed by atoms with Crippen LogP contribution in [0.3, 0.4) is 0 Å². The SMILES string of the molecule is O=C(Nc1ccc(-n2nccc2C(F)(F)F)cc1)c1cc(Cl)ccc1[N+](=O)[O-].